The van der Waals surface area contributed by atoms with Crippen LogP contribution >= 0.6 is 23.2 Å². The standard InChI is InChI=1S/C22H17Cl2F2N7O/c1-3-15(34)33-5-4-32(9-11(33)7-28-2)22-12-8-29-21(18(26)20(12)30-10-31-22)16-17(25)13(23)6-14(24)19(16)27/h3,6,8,10-11H,1,4-5,7,9,27H2/t11-/m0/s1. The molecule has 1 aliphatic rings. The van der Waals surface area contributed by atoms with Crippen LogP contribution in [0.2, 0.25) is 10.0 Å². The van der Waals surface area contributed by atoms with Crippen molar-refractivity contribution in [2.75, 3.05) is 36.8 Å². The third-order valence-electron chi connectivity index (χ3n) is 5.59. The number of halogens is 4. The number of hydrogen-bond donors (Lipinski definition) is 1. The number of benzene rings is 1. The van der Waals surface area contributed by atoms with Gasteiger partial charge < -0.3 is 20.4 Å². The summed E-state index contributed by atoms with van der Waals surface area (Å²) >= 11 is 11.9. The minimum Gasteiger partial charge on any atom is -0.397 e. The second-order valence-corrected chi connectivity index (χ2v) is 8.31. The van der Waals surface area contributed by atoms with E-state index in [4.69, 9.17) is 35.5 Å². The first kappa shape index (κ1) is 23.6. The zero-order valence-corrected chi connectivity index (χ0v) is 19.1. The highest BCUT2D eigenvalue weighted by Gasteiger charge is 2.33. The van der Waals surface area contributed by atoms with Crippen molar-refractivity contribution in [2.24, 2.45) is 0 Å². The molecule has 1 amide bonds. The Bertz CT molecular complexity index is 1340. The number of nitrogens with zero attached hydrogens (tertiary/aromatic N) is 6. The van der Waals surface area contributed by atoms with Crippen LogP contribution in [-0.4, -0.2) is 58.0 Å². The summed E-state index contributed by atoms with van der Waals surface area (Å²) in [5.41, 5.74) is 4.85. The molecule has 1 aliphatic heterocycles. The molecular formula is C22H17Cl2F2N7O. The molecule has 12 heteroatoms. The fraction of sp³-hybridized carbons (Fsp3) is 0.227. The van der Waals surface area contributed by atoms with E-state index in [1.165, 1.54) is 18.6 Å². The van der Waals surface area contributed by atoms with E-state index in [1.54, 1.807) is 4.90 Å². The Labute approximate surface area is 203 Å². The highest BCUT2D eigenvalue weighted by Crippen LogP contribution is 2.40. The number of pyridine rings is 1. The summed E-state index contributed by atoms with van der Waals surface area (Å²) in [6.07, 6.45) is 3.71. The van der Waals surface area contributed by atoms with Crippen molar-refractivity contribution in [3.05, 3.63) is 64.3 Å². The highest BCUT2D eigenvalue weighted by molar-refractivity contribution is 6.37. The van der Waals surface area contributed by atoms with Gasteiger partial charge in [0.05, 0.1) is 26.7 Å². The monoisotopic (exact) mass is 503 g/mol. The van der Waals surface area contributed by atoms with Crippen molar-refractivity contribution in [1.29, 1.82) is 0 Å². The van der Waals surface area contributed by atoms with Gasteiger partial charge in [0, 0.05) is 25.8 Å². The van der Waals surface area contributed by atoms with E-state index in [9.17, 15) is 9.18 Å². The maximum atomic E-state index is 15.6. The highest BCUT2D eigenvalue weighted by atomic mass is 35.5. The molecule has 1 saturated heterocycles. The summed E-state index contributed by atoms with van der Waals surface area (Å²) in [5.74, 6) is -1.75. The lowest BCUT2D eigenvalue weighted by atomic mass is 10.1. The van der Waals surface area contributed by atoms with Crippen LogP contribution < -0.4 is 10.6 Å². The second-order valence-electron chi connectivity index (χ2n) is 7.50. The first-order valence-corrected chi connectivity index (χ1v) is 10.8. The van der Waals surface area contributed by atoms with Gasteiger partial charge in [-0.15, -0.1) is 0 Å². The minimum atomic E-state index is -0.950. The smallest absolute Gasteiger partial charge is 0.246 e. The Morgan fingerprint density at radius 1 is 1.26 bits per heavy atom. The number of aromatic nitrogens is 3. The molecule has 0 radical (unpaired) electrons. The maximum Gasteiger partial charge on any atom is 0.246 e. The van der Waals surface area contributed by atoms with Crippen molar-refractivity contribution in [2.45, 2.75) is 6.04 Å². The van der Waals surface area contributed by atoms with Crippen LogP contribution in [0.5, 0.6) is 0 Å². The number of piperazine rings is 1. The number of carbonyl (C=O) groups is 1. The molecule has 174 valence electrons. The van der Waals surface area contributed by atoms with Crippen LogP contribution in [0.15, 0.2) is 31.2 Å². The van der Waals surface area contributed by atoms with E-state index in [2.05, 4.69) is 26.4 Å². The second kappa shape index (κ2) is 9.37. The minimum absolute atomic E-state index is 0.0381. The molecule has 0 saturated carbocycles. The molecule has 0 spiro atoms. The molecular weight excluding hydrogens is 487 g/mol. The lowest BCUT2D eigenvalue weighted by Crippen LogP contribution is -2.56. The fourth-order valence-electron chi connectivity index (χ4n) is 3.96. The van der Waals surface area contributed by atoms with Gasteiger partial charge in [0.25, 0.3) is 0 Å². The molecule has 8 nitrogen and oxygen atoms in total. The zero-order valence-electron chi connectivity index (χ0n) is 17.6. The Morgan fingerprint density at radius 2 is 2.03 bits per heavy atom. The van der Waals surface area contributed by atoms with Gasteiger partial charge in [0.15, 0.2) is 11.6 Å². The van der Waals surface area contributed by atoms with Gasteiger partial charge in [-0.05, 0) is 12.1 Å². The Hall–Kier alpha value is -3.55. The van der Waals surface area contributed by atoms with Gasteiger partial charge in [-0.2, -0.15) is 0 Å². The number of nitrogen functional groups attached to an aromatic ring is 1. The maximum absolute atomic E-state index is 15.6. The first-order chi connectivity index (χ1) is 16.3. The Balaban J connectivity index is 1.79. The molecule has 2 aromatic heterocycles. The SMILES string of the molecule is [C-]#[N+]C[C@H]1CN(c2ncnc3c(F)c(-c4c(N)c(Cl)cc(Cl)c4F)ncc23)CCN1C(=O)C=C. The summed E-state index contributed by atoms with van der Waals surface area (Å²) in [5, 5.41) is -0.0820. The first-order valence-electron chi connectivity index (χ1n) is 10.0. The molecule has 1 atom stereocenters. The number of anilines is 2. The summed E-state index contributed by atoms with van der Waals surface area (Å²) in [6, 6.07) is 0.730. The van der Waals surface area contributed by atoms with Crippen LogP contribution in [0.25, 0.3) is 27.0 Å². The van der Waals surface area contributed by atoms with Crippen LogP contribution in [0.4, 0.5) is 20.3 Å². The number of nitrogens with two attached hydrogens (primary N) is 1. The molecule has 34 heavy (non-hydrogen) atoms. The molecule has 1 fully saturated rings. The lowest BCUT2D eigenvalue weighted by molar-refractivity contribution is -0.128. The molecule has 2 N–H and O–H groups in total. The van der Waals surface area contributed by atoms with E-state index >= 15 is 4.39 Å². The van der Waals surface area contributed by atoms with Gasteiger partial charge in [-0.3, -0.25) is 9.78 Å². The van der Waals surface area contributed by atoms with Crippen LogP contribution in [0.3, 0.4) is 0 Å². The number of rotatable bonds is 4. The van der Waals surface area contributed by atoms with E-state index in [-0.39, 0.29) is 50.3 Å². The number of fused-ring (bicyclic) bond motifs is 1. The summed E-state index contributed by atoms with van der Waals surface area (Å²) in [6.45, 7) is 11.8. The predicted octanol–water partition coefficient (Wildman–Crippen LogP) is 3.98. The normalized spacial score (nSPS) is 15.9. The molecule has 0 bridgehead atoms. The third-order valence-corrected chi connectivity index (χ3v) is 6.18. The van der Waals surface area contributed by atoms with Crippen molar-refractivity contribution in [1.82, 2.24) is 19.9 Å². The van der Waals surface area contributed by atoms with Crippen LogP contribution in [0, 0.1) is 18.2 Å². The average molecular weight is 504 g/mol. The van der Waals surface area contributed by atoms with E-state index < -0.39 is 17.7 Å². The summed E-state index contributed by atoms with van der Waals surface area (Å²) in [4.78, 5) is 31.4. The summed E-state index contributed by atoms with van der Waals surface area (Å²) < 4.78 is 30.3. The molecule has 0 unspecified atom stereocenters. The molecule has 0 aliphatic carbocycles. The number of amides is 1. The lowest BCUT2D eigenvalue weighted by Gasteiger charge is -2.39. The predicted molar refractivity (Wildman–Crippen MR) is 126 cm³/mol. The van der Waals surface area contributed by atoms with E-state index in [1.807, 2.05) is 4.90 Å². The van der Waals surface area contributed by atoms with Gasteiger partial charge in [0.2, 0.25) is 12.5 Å². The molecule has 3 heterocycles. The number of hydrogen-bond acceptors (Lipinski definition) is 6. The van der Waals surface area contributed by atoms with E-state index in [0.29, 0.717) is 25.5 Å². The Kier molecular flexibility index (Phi) is 6.50. The van der Waals surface area contributed by atoms with Crippen LogP contribution in [-0.2, 0) is 4.79 Å². The van der Waals surface area contributed by atoms with Gasteiger partial charge in [-0.25, -0.2) is 25.3 Å². The Morgan fingerprint density at radius 3 is 2.74 bits per heavy atom. The quantitative estimate of drug-likeness (QED) is 0.250. The van der Waals surface area contributed by atoms with Crippen molar-refractivity contribution >= 4 is 51.5 Å². The van der Waals surface area contributed by atoms with Crippen LogP contribution in [0.1, 0.15) is 0 Å². The average Bonchev–Trinajstić information content (AvgIpc) is 2.83. The van der Waals surface area contributed by atoms with Gasteiger partial charge in [-0.1, -0.05) is 29.8 Å². The largest absolute Gasteiger partial charge is 0.397 e. The van der Waals surface area contributed by atoms with Gasteiger partial charge >= 0.3 is 0 Å². The third kappa shape index (κ3) is 3.97. The van der Waals surface area contributed by atoms with Crippen molar-refractivity contribution in [3.63, 3.8) is 0 Å². The topological polar surface area (TPSA) is 92.6 Å². The number of carbonyl (C=O) groups excluding carboxylic acids is 1. The fourth-order valence-corrected chi connectivity index (χ4v) is 4.42. The molecule has 1 aromatic carbocycles. The van der Waals surface area contributed by atoms with Gasteiger partial charge in [0.1, 0.15) is 29.4 Å². The molecule has 3 aromatic rings. The molecule has 4 rings (SSSR count). The van der Waals surface area contributed by atoms with Crippen molar-refractivity contribution < 1.29 is 13.6 Å². The van der Waals surface area contributed by atoms with Crippen molar-refractivity contribution in [3.8, 4) is 11.3 Å². The zero-order chi connectivity index (χ0) is 24.6. The van der Waals surface area contributed by atoms with E-state index in [0.717, 1.165) is 6.07 Å². The summed E-state index contributed by atoms with van der Waals surface area (Å²) in [7, 11) is 0.